The van der Waals surface area contributed by atoms with Gasteiger partial charge in [-0.15, -0.1) is 0 Å². The summed E-state index contributed by atoms with van der Waals surface area (Å²) in [7, 11) is -1.79. The van der Waals surface area contributed by atoms with Crippen LogP contribution in [0.3, 0.4) is 0 Å². The minimum atomic E-state index is -1.79. The minimum Gasteiger partial charge on any atom is -0.423 e. The number of aromatic nitrogens is 1. The Morgan fingerprint density at radius 2 is 2.18 bits per heavy atom. The molecule has 0 spiro atoms. The Morgan fingerprint density at radius 3 is 2.64 bits per heavy atom. The van der Waals surface area contributed by atoms with Crippen LogP contribution in [0.4, 0.5) is 4.39 Å². The highest BCUT2D eigenvalue weighted by molar-refractivity contribution is 6.58. The lowest BCUT2D eigenvalue weighted by Gasteiger charge is -2.00. The number of aryl methyl sites for hydroxylation is 1. The Morgan fingerprint density at radius 1 is 1.55 bits per heavy atom. The number of nitrogens with zero attached hydrogens (tertiary/aromatic N) is 1. The van der Waals surface area contributed by atoms with Crippen LogP contribution in [0.5, 0.6) is 0 Å². The monoisotopic (exact) mass is 155 g/mol. The molecule has 2 N–H and O–H groups in total. The standard InChI is InChI=1S/C6H7BFNO2/c1-4-2-6(8)5(3-9-4)7(10)11/h2-3,10-11H,1H3. The van der Waals surface area contributed by atoms with Crippen LogP contribution in [0, 0.1) is 12.7 Å². The number of halogens is 1. The third-order valence-corrected chi connectivity index (χ3v) is 1.30. The molecule has 0 saturated heterocycles. The van der Waals surface area contributed by atoms with E-state index in [0.29, 0.717) is 5.69 Å². The number of hydrogen-bond acceptors (Lipinski definition) is 3. The predicted octanol–water partition coefficient (Wildman–Crippen LogP) is -0.791. The zero-order chi connectivity index (χ0) is 8.43. The van der Waals surface area contributed by atoms with Crippen LogP contribution < -0.4 is 5.46 Å². The van der Waals surface area contributed by atoms with E-state index in [2.05, 4.69) is 4.98 Å². The zero-order valence-electron chi connectivity index (χ0n) is 5.95. The molecule has 0 radical (unpaired) electrons. The molecule has 1 rings (SSSR count). The lowest BCUT2D eigenvalue weighted by Crippen LogP contribution is -2.33. The van der Waals surface area contributed by atoms with E-state index in [9.17, 15) is 4.39 Å². The normalized spacial score (nSPS) is 9.82. The average molecular weight is 155 g/mol. The molecule has 0 aromatic carbocycles. The van der Waals surface area contributed by atoms with Gasteiger partial charge in [0.25, 0.3) is 0 Å². The van der Waals surface area contributed by atoms with Gasteiger partial charge >= 0.3 is 7.12 Å². The Bertz CT molecular complexity index is 267. The molecule has 3 nitrogen and oxygen atoms in total. The molecule has 0 saturated carbocycles. The third-order valence-electron chi connectivity index (χ3n) is 1.30. The van der Waals surface area contributed by atoms with Crippen molar-refractivity contribution in [2.45, 2.75) is 6.92 Å². The van der Waals surface area contributed by atoms with Crippen molar-refractivity contribution in [1.29, 1.82) is 0 Å². The molecule has 11 heavy (non-hydrogen) atoms. The second-order valence-electron chi connectivity index (χ2n) is 2.22. The van der Waals surface area contributed by atoms with Crippen LogP contribution in [-0.4, -0.2) is 22.2 Å². The molecular weight excluding hydrogens is 148 g/mol. The van der Waals surface area contributed by atoms with Crippen molar-refractivity contribution in [3.8, 4) is 0 Å². The lowest BCUT2D eigenvalue weighted by atomic mass is 9.81. The zero-order valence-corrected chi connectivity index (χ0v) is 5.95. The molecule has 0 amide bonds. The van der Waals surface area contributed by atoms with Crippen LogP contribution in [-0.2, 0) is 0 Å². The highest BCUT2D eigenvalue weighted by atomic mass is 19.1. The first kappa shape index (κ1) is 8.16. The maximum Gasteiger partial charge on any atom is 0.493 e. The Labute approximate surface area is 63.7 Å². The average Bonchev–Trinajstić information content (AvgIpc) is 1.85. The molecule has 1 aromatic rings. The van der Waals surface area contributed by atoms with Crippen molar-refractivity contribution >= 4 is 12.6 Å². The van der Waals surface area contributed by atoms with E-state index in [1.54, 1.807) is 6.92 Å². The highest BCUT2D eigenvalue weighted by Gasteiger charge is 2.16. The van der Waals surface area contributed by atoms with Crippen LogP contribution in [0.25, 0.3) is 0 Å². The smallest absolute Gasteiger partial charge is 0.423 e. The van der Waals surface area contributed by atoms with Crippen molar-refractivity contribution in [2.24, 2.45) is 0 Å². The first-order valence-electron chi connectivity index (χ1n) is 3.09. The fourth-order valence-corrected chi connectivity index (χ4v) is 0.727. The Hall–Kier alpha value is -0.935. The minimum absolute atomic E-state index is 0.199. The van der Waals surface area contributed by atoms with Gasteiger partial charge in [-0.25, -0.2) is 4.39 Å². The first-order chi connectivity index (χ1) is 5.11. The molecule has 0 aliphatic carbocycles. The molecule has 0 aliphatic heterocycles. The van der Waals surface area contributed by atoms with Gasteiger partial charge in [-0.1, -0.05) is 0 Å². The number of pyridine rings is 1. The summed E-state index contributed by atoms with van der Waals surface area (Å²) in [5, 5.41) is 17.1. The summed E-state index contributed by atoms with van der Waals surface area (Å²) in [6, 6.07) is 1.15. The van der Waals surface area contributed by atoms with Gasteiger partial charge in [0, 0.05) is 17.4 Å². The van der Waals surface area contributed by atoms with Crippen LogP contribution in [0.2, 0.25) is 0 Å². The van der Waals surface area contributed by atoms with Crippen molar-refractivity contribution in [3.05, 3.63) is 23.8 Å². The first-order valence-corrected chi connectivity index (χ1v) is 3.09. The third kappa shape index (κ3) is 1.75. The van der Waals surface area contributed by atoms with Gasteiger partial charge < -0.3 is 10.0 Å². The van der Waals surface area contributed by atoms with Crippen molar-refractivity contribution in [3.63, 3.8) is 0 Å². The Kier molecular flexibility index (Phi) is 2.21. The van der Waals surface area contributed by atoms with Crippen LogP contribution >= 0.6 is 0 Å². The number of rotatable bonds is 1. The Balaban J connectivity index is 3.09. The van der Waals surface area contributed by atoms with Crippen LogP contribution in [0.15, 0.2) is 12.3 Å². The summed E-state index contributed by atoms with van der Waals surface area (Å²) < 4.78 is 12.7. The van der Waals surface area contributed by atoms with Gasteiger partial charge in [0.2, 0.25) is 0 Å². The molecule has 1 heterocycles. The van der Waals surface area contributed by atoms with Crippen LogP contribution in [0.1, 0.15) is 5.69 Å². The maximum atomic E-state index is 12.7. The SMILES string of the molecule is Cc1cc(F)c(B(O)O)cn1. The molecule has 5 heteroatoms. The summed E-state index contributed by atoms with van der Waals surface area (Å²) in [4.78, 5) is 3.70. The molecule has 0 unspecified atom stereocenters. The van der Waals surface area contributed by atoms with Gasteiger partial charge in [-0.05, 0) is 13.0 Å². The molecule has 58 valence electrons. The fourth-order valence-electron chi connectivity index (χ4n) is 0.727. The largest absolute Gasteiger partial charge is 0.493 e. The second-order valence-corrected chi connectivity index (χ2v) is 2.22. The second kappa shape index (κ2) is 2.98. The van der Waals surface area contributed by atoms with Crippen molar-refractivity contribution in [2.75, 3.05) is 0 Å². The molecular formula is C6H7BFNO2. The molecule has 1 aromatic heterocycles. The van der Waals surface area contributed by atoms with Gasteiger partial charge in [0.1, 0.15) is 5.82 Å². The summed E-state index contributed by atoms with van der Waals surface area (Å²) in [5.74, 6) is -0.646. The van der Waals surface area contributed by atoms with E-state index in [0.717, 1.165) is 12.3 Å². The summed E-state index contributed by atoms with van der Waals surface area (Å²) >= 11 is 0. The summed E-state index contributed by atoms with van der Waals surface area (Å²) in [5.41, 5.74) is 0.308. The van der Waals surface area contributed by atoms with E-state index < -0.39 is 12.9 Å². The molecule has 0 bridgehead atoms. The van der Waals surface area contributed by atoms with E-state index in [1.807, 2.05) is 0 Å². The lowest BCUT2D eigenvalue weighted by molar-refractivity contribution is 0.422. The van der Waals surface area contributed by atoms with Gasteiger partial charge in [-0.3, -0.25) is 4.98 Å². The van der Waals surface area contributed by atoms with E-state index in [-0.39, 0.29) is 5.46 Å². The molecule has 0 aliphatic rings. The van der Waals surface area contributed by atoms with Gasteiger partial charge in [0.05, 0.1) is 0 Å². The quantitative estimate of drug-likeness (QED) is 0.522. The predicted molar refractivity (Wildman–Crippen MR) is 38.8 cm³/mol. The fraction of sp³-hybridized carbons (Fsp3) is 0.167. The maximum absolute atomic E-state index is 12.7. The van der Waals surface area contributed by atoms with Gasteiger partial charge in [-0.2, -0.15) is 0 Å². The van der Waals surface area contributed by atoms with Crippen molar-refractivity contribution < 1.29 is 14.4 Å². The summed E-state index contributed by atoms with van der Waals surface area (Å²) in [6.45, 7) is 1.62. The molecule has 0 fully saturated rings. The molecule has 0 atom stereocenters. The summed E-state index contributed by atoms with van der Waals surface area (Å²) in [6.07, 6.45) is 1.11. The van der Waals surface area contributed by atoms with Gasteiger partial charge in [0.15, 0.2) is 0 Å². The topological polar surface area (TPSA) is 53.4 Å². The van der Waals surface area contributed by atoms with E-state index in [4.69, 9.17) is 10.0 Å². The van der Waals surface area contributed by atoms with E-state index in [1.165, 1.54) is 0 Å². The number of hydrogen-bond donors (Lipinski definition) is 2. The van der Waals surface area contributed by atoms with E-state index >= 15 is 0 Å². The van der Waals surface area contributed by atoms with Crippen molar-refractivity contribution in [1.82, 2.24) is 4.98 Å². The highest BCUT2D eigenvalue weighted by Crippen LogP contribution is 1.95.